The highest BCUT2D eigenvalue weighted by Gasteiger charge is 2.37. The highest BCUT2D eigenvalue weighted by molar-refractivity contribution is 7.45. The van der Waals surface area contributed by atoms with E-state index in [4.69, 9.17) is 28.7 Å². The van der Waals surface area contributed by atoms with E-state index in [1.807, 2.05) is 0 Å². The maximum Gasteiger partial charge on any atom is 0.466 e. The minimum Gasteiger partial charge on any atom is -0.462 e. The molecule has 0 amide bonds. The summed E-state index contributed by atoms with van der Waals surface area (Å²) in [5.74, 6) is -0.276. The van der Waals surface area contributed by atoms with E-state index in [1.54, 1.807) is 7.11 Å². The first-order chi connectivity index (χ1) is 16.0. The topological polar surface area (TPSA) is 121 Å². The number of carbonyl (C=O) groups is 1. The fourth-order valence-electron chi connectivity index (χ4n) is 5.51. The molecule has 3 N–H and O–H groups in total. The number of fused-ring (bicyclic) bond motifs is 2. The Morgan fingerprint density at radius 1 is 1.09 bits per heavy atom. The Bertz CT molecular complexity index is 1120. The van der Waals surface area contributed by atoms with E-state index in [0.29, 0.717) is 12.1 Å². The van der Waals surface area contributed by atoms with Crippen molar-refractivity contribution in [1.82, 2.24) is 9.47 Å². The molecule has 2 aromatic rings. The second kappa shape index (κ2) is 9.93. The Morgan fingerprint density at radius 3 is 2.38 bits per heavy atom. The lowest BCUT2D eigenvalue weighted by molar-refractivity contribution is -0.155. The molecule has 0 unspecified atom stereocenters. The van der Waals surface area contributed by atoms with Gasteiger partial charge in [0.15, 0.2) is 0 Å². The number of esters is 1. The zero-order valence-electron chi connectivity index (χ0n) is 19.8. The average molecular weight is 493 g/mol. The van der Waals surface area contributed by atoms with Crippen LogP contribution in [0.1, 0.15) is 36.8 Å². The first-order valence-electron chi connectivity index (χ1n) is 11.6. The van der Waals surface area contributed by atoms with Crippen molar-refractivity contribution in [2.75, 3.05) is 20.7 Å². The van der Waals surface area contributed by atoms with Gasteiger partial charge in [-0.2, -0.15) is 0 Å². The lowest BCUT2D eigenvalue weighted by atomic mass is 9.80. The van der Waals surface area contributed by atoms with Gasteiger partial charge >= 0.3 is 13.8 Å². The number of likely N-dealkylation sites (N-methyl/N-ethyl adjacent to an activating group) is 1. The Labute approximate surface area is 199 Å². The molecule has 0 radical (unpaired) electrons. The molecular weight excluding hydrogens is 459 g/mol. The van der Waals surface area contributed by atoms with E-state index in [0.717, 1.165) is 38.6 Å². The van der Waals surface area contributed by atoms with Crippen molar-refractivity contribution < 1.29 is 33.5 Å². The summed E-state index contributed by atoms with van der Waals surface area (Å²) in [5.41, 5.74) is 5.23. The van der Waals surface area contributed by atoms with Gasteiger partial charge in [-0.1, -0.05) is 18.2 Å². The number of hydrogen-bond acceptors (Lipinski definition) is 5. The molecule has 34 heavy (non-hydrogen) atoms. The lowest BCUT2D eigenvalue weighted by Crippen LogP contribution is -2.45. The molecule has 3 aliphatic rings. The molecule has 0 spiro atoms. The highest BCUT2D eigenvalue weighted by Crippen LogP contribution is 2.41. The number of phosphoric acid groups is 1. The van der Waals surface area contributed by atoms with E-state index >= 15 is 0 Å². The summed E-state index contributed by atoms with van der Waals surface area (Å²) in [5, 5.41) is 1.35. The molecule has 2 heterocycles. The van der Waals surface area contributed by atoms with Gasteiger partial charge in [-0.3, -0.25) is 9.69 Å². The number of methoxy groups -OCH3 is 1. The number of nitrogens with zero attached hydrogens (tertiary/aromatic N) is 2. The fraction of sp³-hybridized carbons (Fsp3) is 0.542. The molecular formula is C24H33N2O7P. The van der Waals surface area contributed by atoms with Crippen LogP contribution >= 0.6 is 7.82 Å². The molecule has 5 rings (SSSR count). The van der Waals surface area contributed by atoms with Gasteiger partial charge in [0.05, 0.1) is 12.0 Å². The molecule has 2 atom stereocenters. The van der Waals surface area contributed by atoms with Crippen molar-refractivity contribution >= 4 is 30.3 Å². The van der Waals surface area contributed by atoms with Crippen molar-refractivity contribution in [1.29, 1.82) is 0 Å². The Balaban J connectivity index is 0.000000499. The summed E-state index contributed by atoms with van der Waals surface area (Å²) < 4.78 is 22.5. The van der Waals surface area contributed by atoms with Crippen molar-refractivity contribution in [2.24, 2.45) is 13.0 Å². The molecule has 2 aliphatic carbocycles. The third kappa shape index (κ3) is 5.46. The van der Waals surface area contributed by atoms with Crippen LogP contribution in [0.25, 0.3) is 16.5 Å². The number of aromatic nitrogens is 1. The smallest absolute Gasteiger partial charge is 0.462 e. The van der Waals surface area contributed by atoms with E-state index in [1.165, 1.54) is 27.6 Å². The minimum atomic E-state index is -4.64. The first kappa shape index (κ1) is 25.1. The van der Waals surface area contributed by atoms with E-state index in [-0.39, 0.29) is 18.0 Å². The van der Waals surface area contributed by atoms with Crippen molar-refractivity contribution in [3.63, 3.8) is 0 Å². The quantitative estimate of drug-likeness (QED) is 0.442. The normalized spacial score (nSPS) is 26.8. The third-order valence-corrected chi connectivity index (χ3v) is 7.11. The summed E-state index contributed by atoms with van der Waals surface area (Å²) in [6.07, 6.45) is 9.55. The predicted octanol–water partition coefficient (Wildman–Crippen LogP) is 2.62. The molecule has 1 saturated carbocycles. The maximum absolute atomic E-state index is 13.0. The van der Waals surface area contributed by atoms with Gasteiger partial charge in [-0.15, -0.1) is 0 Å². The van der Waals surface area contributed by atoms with E-state index in [2.05, 4.69) is 54.0 Å². The highest BCUT2D eigenvalue weighted by atomic mass is 31.2. The molecule has 1 aromatic heterocycles. The fourth-order valence-corrected chi connectivity index (χ4v) is 5.51. The van der Waals surface area contributed by atoms with Crippen LogP contribution in [0.2, 0.25) is 0 Å². The van der Waals surface area contributed by atoms with Gasteiger partial charge in [0.25, 0.3) is 0 Å². The van der Waals surface area contributed by atoms with Gasteiger partial charge in [-0.05, 0) is 61.9 Å². The van der Waals surface area contributed by atoms with Crippen LogP contribution in [0.3, 0.4) is 0 Å². The maximum atomic E-state index is 13.0. The molecule has 0 bridgehead atoms. The van der Waals surface area contributed by atoms with Gasteiger partial charge in [-0.25, -0.2) is 4.57 Å². The summed E-state index contributed by atoms with van der Waals surface area (Å²) in [4.78, 5) is 36.9. The zero-order chi connectivity index (χ0) is 24.6. The van der Waals surface area contributed by atoms with Crippen molar-refractivity contribution in [3.8, 4) is 0 Å². The summed E-state index contributed by atoms with van der Waals surface area (Å²) in [6.45, 7) is 0.721. The third-order valence-electron chi connectivity index (χ3n) is 7.11. The summed E-state index contributed by atoms with van der Waals surface area (Å²) in [7, 11) is 1.37. The molecule has 0 saturated heterocycles. The van der Waals surface area contributed by atoms with E-state index < -0.39 is 7.82 Å². The standard InChI is InChI=1S/C24H30N2O3.H3O4P/c1-25-13-15-12-22-20(19-5-4-6-21(25)23(15)19)11-16(14-26(22)2)24(27)29-18-9-7-17(28-3)8-10-18;1-5(2,3)4/h4-6,11,13,16-18,22H,7-10,12,14H2,1-3H3;(H3,1,2,3,4)/t16-,17?,18?,22-;/m1./s1. The monoisotopic (exact) mass is 492 g/mol. The SMILES string of the molecule is COC1CCC(OC(=O)[C@@H]2C=C3c4cccc5c4c(cn5C)C[C@H]3N(C)C2)CC1.O=P(O)(O)O. The summed E-state index contributed by atoms with van der Waals surface area (Å²) >= 11 is 0. The van der Waals surface area contributed by atoms with Gasteiger partial charge in [0.2, 0.25) is 0 Å². The summed E-state index contributed by atoms with van der Waals surface area (Å²) in [6, 6.07) is 6.84. The Hall–Kier alpha value is -2.00. The molecule has 10 heteroatoms. The number of aryl methyl sites for hydroxylation is 1. The lowest BCUT2D eigenvalue weighted by Gasteiger charge is -2.39. The number of hydrogen-bond donors (Lipinski definition) is 3. The Kier molecular flexibility index (Phi) is 7.33. The van der Waals surface area contributed by atoms with Crippen molar-refractivity contribution in [3.05, 3.63) is 41.6 Å². The van der Waals surface area contributed by atoms with Gasteiger partial charge in [0, 0.05) is 43.8 Å². The Morgan fingerprint density at radius 2 is 1.74 bits per heavy atom. The molecule has 1 aromatic carbocycles. The van der Waals surface area contributed by atoms with Crippen LogP contribution in [0.5, 0.6) is 0 Å². The van der Waals surface area contributed by atoms with Crippen LogP contribution < -0.4 is 0 Å². The van der Waals surface area contributed by atoms with E-state index in [9.17, 15) is 4.79 Å². The van der Waals surface area contributed by atoms with Gasteiger partial charge in [0.1, 0.15) is 6.10 Å². The van der Waals surface area contributed by atoms with Crippen molar-refractivity contribution in [2.45, 2.75) is 50.4 Å². The predicted molar refractivity (Wildman–Crippen MR) is 128 cm³/mol. The molecule has 1 fully saturated rings. The first-order valence-corrected chi connectivity index (χ1v) is 13.1. The largest absolute Gasteiger partial charge is 0.466 e. The number of carbonyl (C=O) groups excluding carboxylic acids is 1. The van der Waals surface area contributed by atoms with Crippen LogP contribution in [0, 0.1) is 5.92 Å². The molecule has 186 valence electrons. The zero-order valence-corrected chi connectivity index (χ0v) is 20.6. The van der Waals surface area contributed by atoms with Crippen LogP contribution in [0.15, 0.2) is 30.5 Å². The number of benzene rings is 1. The van der Waals surface area contributed by atoms with Gasteiger partial charge < -0.3 is 28.7 Å². The number of rotatable bonds is 3. The molecule has 9 nitrogen and oxygen atoms in total. The number of ether oxygens (including phenoxy) is 2. The minimum absolute atomic E-state index is 0.0332. The average Bonchev–Trinajstić information content (AvgIpc) is 3.10. The molecule has 1 aliphatic heterocycles. The second-order valence-electron chi connectivity index (χ2n) is 9.44. The second-order valence-corrected chi connectivity index (χ2v) is 10.5. The van der Waals surface area contributed by atoms with Crippen LogP contribution in [-0.2, 0) is 32.3 Å². The van der Waals surface area contributed by atoms with Crippen LogP contribution in [-0.4, -0.2) is 69.1 Å². The van der Waals surface area contributed by atoms with Crippen LogP contribution in [0.4, 0.5) is 0 Å².